The van der Waals surface area contributed by atoms with Crippen LogP contribution in [0.25, 0.3) is 0 Å². The van der Waals surface area contributed by atoms with Gasteiger partial charge in [0.2, 0.25) is 0 Å². The van der Waals surface area contributed by atoms with E-state index in [4.69, 9.17) is 9.47 Å². The largest absolute Gasteiger partial charge is 0.482 e. The van der Waals surface area contributed by atoms with Crippen molar-refractivity contribution in [3.05, 3.63) is 54.1 Å². The molecule has 29 heavy (non-hydrogen) atoms. The number of anilines is 2. The minimum Gasteiger partial charge on any atom is -0.482 e. The summed E-state index contributed by atoms with van der Waals surface area (Å²) in [7, 11) is 0. The van der Waals surface area contributed by atoms with Crippen LogP contribution in [0.5, 0.6) is 5.75 Å². The van der Waals surface area contributed by atoms with E-state index in [0.717, 1.165) is 17.7 Å². The molecule has 0 saturated carbocycles. The highest BCUT2D eigenvalue weighted by Gasteiger charge is 2.30. The molecule has 2 aliphatic rings. The van der Waals surface area contributed by atoms with Crippen molar-refractivity contribution in [3.63, 3.8) is 0 Å². The van der Waals surface area contributed by atoms with Crippen molar-refractivity contribution >= 4 is 29.2 Å². The topological polar surface area (TPSA) is 76.1 Å². The molecule has 0 spiro atoms. The molecule has 0 aliphatic carbocycles. The Labute approximate surface area is 168 Å². The maximum atomic E-state index is 12.7. The van der Waals surface area contributed by atoms with Crippen LogP contribution in [0.15, 0.2) is 48.5 Å². The zero-order chi connectivity index (χ0) is 20.4. The molecule has 7 nitrogen and oxygen atoms in total. The second-order valence-electron chi connectivity index (χ2n) is 7.05. The molecule has 2 heterocycles. The highest BCUT2D eigenvalue weighted by Crippen LogP contribution is 2.31. The summed E-state index contributed by atoms with van der Waals surface area (Å²) in [6.07, 6.45) is -0.101. The number of amides is 2. The fourth-order valence-electron chi connectivity index (χ4n) is 3.70. The van der Waals surface area contributed by atoms with Crippen LogP contribution in [0.4, 0.5) is 11.4 Å². The van der Waals surface area contributed by atoms with E-state index in [2.05, 4.69) is 0 Å². The number of nitrogens with zero attached hydrogens (tertiary/aromatic N) is 2. The highest BCUT2D eigenvalue weighted by molar-refractivity contribution is 6.00. The van der Waals surface area contributed by atoms with Gasteiger partial charge in [0.05, 0.1) is 12.1 Å². The number of carbonyl (C=O) groups is 3. The summed E-state index contributed by atoms with van der Waals surface area (Å²) in [5.74, 6) is -0.364. The van der Waals surface area contributed by atoms with E-state index < -0.39 is 12.1 Å². The third-order valence-electron chi connectivity index (χ3n) is 5.16. The quantitative estimate of drug-likeness (QED) is 0.728. The van der Waals surface area contributed by atoms with Crippen LogP contribution in [0.2, 0.25) is 0 Å². The molecular formula is C22H22N2O5. The van der Waals surface area contributed by atoms with Crippen molar-refractivity contribution in [2.45, 2.75) is 25.9 Å². The molecule has 0 aromatic heterocycles. The first-order chi connectivity index (χ1) is 14.0. The van der Waals surface area contributed by atoms with Gasteiger partial charge in [-0.1, -0.05) is 30.3 Å². The van der Waals surface area contributed by atoms with Crippen molar-refractivity contribution < 1.29 is 23.9 Å². The van der Waals surface area contributed by atoms with Crippen molar-refractivity contribution in [2.75, 3.05) is 29.5 Å². The lowest BCUT2D eigenvalue weighted by molar-refractivity contribution is -0.153. The fraction of sp³-hybridized carbons (Fsp3) is 0.318. The standard InChI is InChI=1S/C22H22N2O5/c1-15(22(27)24-12-10-16-6-2-3-7-17(16)24)29-21(26)11-13-23-18-8-4-5-9-19(18)28-14-20(23)25/h2-9,15H,10-14H2,1H3/t15-/m1/s1. The molecule has 0 saturated heterocycles. The minimum absolute atomic E-state index is 0.00567. The van der Waals surface area contributed by atoms with E-state index in [1.54, 1.807) is 30.0 Å². The van der Waals surface area contributed by atoms with Crippen molar-refractivity contribution in [2.24, 2.45) is 0 Å². The third-order valence-corrected chi connectivity index (χ3v) is 5.16. The summed E-state index contributed by atoms with van der Waals surface area (Å²) in [6.45, 7) is 2.27. The Kier molecular flexibility index (Phi) is 5.20. The van der Waals surface area contributed by atoms with E-state index in [1.165, 1.54) is 4.90 Å². The van der Waals surface area contributed by atoms with Crippen LogP contribution in [-0.2, 0) is 25.5 Å². The van der Waals surface area contributed by atoms with Gasteiger partial charge in [-0.15, -0.1) is 0 Å². The van der Waals surface area contributed by atoms with Gasteiger partial charge in [-0.25, -0.2) is 0 Å². The number of hydrogen-bond donors (Lipinski definition) is 0. The van der Waals surface area contributed by atoms with Crippen molar-refractivity contribution in [3.8, 4) is 5.75 Å². The molecule has 0 bridgehead atoms. The van der Waals surface area contributed by atoms with E-state index in [0.29, 0.717) is 18.0 Å². The van der Waals surface area contributed by atoms with Gasteiger partial charge in [-0.3, -0.25) is 14.4 Å². The number of ether oxygens (including phenoxy) is 2. The van der Waals surface area contributed by atoms with Gasteiger partial charge in [0, 0.05) is 18.8 Å². The van der Waals surface area contributed by atoms with Crippen LogP contribution >= 0.6 is 0 Å². The summed E-state index contributed by atoms with van der Waals surface area (Å²) in [5, 5.41) is 0. The Morgan fingerprint density at radius 3 is 2.66 bits per heavy atom. The average Bonchev–Trinajstić information content (AvgIpc) is 3.16. The van der Waals surface area contributed by atoms with E-state index in [-0.39, 0.29) is 31.4 Å². The van der Waals surface area contributed by atoms with Gasteiger partial charge in [0.25, 0.3) is 11.8 Å². The van der Waals surface area contributed by atoms with Crippen molar-refractivity contribution in [1.82, 2.24) is 0 Å². The molecule has 2 aliphatic heterocycles. The summed E-state index contributed by atoms with van der Waals surface area (Å²) in [4.78, 5) is 40.4. The first kappa shape index (κ1) is 19.0. The molecule has 4 rings (SSSR count). The van der Waals surface area contributed by atoms with E-state index >= 15 is 0 Å². The number of para-hydroxylation sites is 3. The molecule has 0 fully saturated rings. The third kappa shape index (κ3) is 3.81. The number of rotatable bonds is 5. The second kappa shape index (κ2) is 7.95. The monoisotopic (exact) mass is 394 g/mol. The van der Waals surface area contributed by atoms with E-state index in [1.807, 2.05) is 30.3 Å². The summed E-state index contributed by atoms with van der Waals surface area (Å²) < 4.78 is 10.8. The van der Waals surface area contributed by atoms with Crippen molar-refractivity contribution in [1.29, 1.82) is 0 Å². The Morgan fingerprint density at radius 1 is 1.10 bits per heavy atom. The average molecular weight is 394 g/mol. The summed E-state index contributed by atoms with van der Waals surface area (Å²) in [5.41, 5.74) is 2.62. The Balaban J connectivity index is 1.34. The maximum Gasteiger partial charge on any atom is 0.308 e. The maximum absolute atomic E-state index is 12.7. The molecule has 2 amide bonds. The van der Waals surface area contributed by atoms with Crippen LogP contribution in [0.1, 0.15) is 18.9 Å². The smallest absolute Gasteiger partial charge is 0.308 e. The molecule has 2 aromatic rings. The number of hydrogen-bond acceptors (Lipinski definition) is 5. The van der Waals surface area contributed by atoms with Crippen LogP contribution in [-0.4, -0.2) is 43.6 Å². The van der Waals surface area contributed by atoms with Gasteiger partial charge >= 0.3 is 5.97 Å². The van der Waals surface area contributed by atoms with Gasteiger partial charge in [0.15, 0.2) is 12.7 Å². The Hall–Kier alpha value is -3.35. The molecule has 2 aromatic carbocycles. The molecule has 0 radical (unpaired) electrons. The van der Waals surface area contributed by atoms with Gasteiger partial charge in [0.1, 0.15) is 5.75 Å². The number of fused-ring (bicyclic) bond motifs is 2. The molecule has 150 valence electrons. The summed E-state index contributed by atoms with van der Waals surface area (Å²) in [6, 6.07) is 14.9. The lowest BCUT2D eigenvalue weighted by Gasteiger charge is -2.29. The Bertz CT molecular complexity index is 958. The van der Waals surface area contributed by atoms with E-state index in [9.17, 15) is 14.4 Å². The zero-order valence-electron chi connectivity index (χ0n) is 16.2. The first-order valence-corrected chi connectivity index (χ1v) is 9.65. The predicted molar refractivity (Wildman–Crippen MR) is 107 cm³/mol. The SMILES string of the molecule is C[C@@H](OC(=O)CCN1C(=O)COc2ccccc21)C(=O)N1CCc2ccccc21. The molecule has 1 atom stereocenters. The van der Waals surface area contributed by atoms with Crippen LogP contribution in [0, 0.1) is 0 Å². The van der Waals surface area contributed by atoms with Crippen LogP contribution < -0.4 is 14.5 Å². The van der Waals surface area contributed by atoms with Gasteiger partial charge in [-0.2, -0.15) is 0 Å². The lowest BCUT2D eigenvalue weighted by atomic mass is 10.2. The van der Waals surface area contributed by atoms with Crippen LogP contribution in [0.3, 0.4) is 0 Å². The molecule has 7 heteroatoms. The first-order valence-electron chi connectivity index (χ1n) is 9.65. The molecule has 0 unspecified atom stereocenters. The normalized spacial score (nSPS) is 16.0. The zero-order valence-corrected chi connectivity index (χ0v) is 16.2. The molecular weight excluding hydrogens is 372 g/mol. The van der Waals surface area contributed by atoms with Gasteiger partial charge < -0.3 is 19.3 Å². The number of carbonyl (C=O) groups excluding carboxylic acids is 3. The minimum atomic E-state index is -0.888. The Morgan fingerprint density at radius 2 is 1.83 bits per heavy atom. The fourth-order valence-corrected chi connectivity index (χ4v) is 3.70. The summed E-state index contributed by atoms with van der Waals surface area (Å²) >= 11 is 0. The second-order valence-corrected chi connectivity index (χ2v) is 7.05. The molecule has 0 N–H and O–H groups in total. The number of benzene rings is 2. The lowest BCUT2D eigenvalue weighted by Crippen LogP contribution is -2.41. The van der Waals surface area contributed by atoms with Gasteiger partial charge in [-0.05, 0) is 37.1 Å². The number of esters is 1. The predicted octanol–water partition coefficient (Wildman–Crippen LogP) is 2.32. The highest BCUT2D eigenvalue weighted by atomic mass is 16.5.